The molecule has 10 nitrogen and oxygen atoms in total. The van der Waals surface area contributed by atoms with Crippen molar-refractivity contribution in [3.8, 4) is 0 Å². The van der Waals surface area contributed by atoms with Crippen molar-refractivity contribution in [2.45, 2.75) is 89.8 Å². The van der Waals surface area contributed by atoms with Gasteiger partial charge in [-0.1, -0.05) is 51.1 Å². The van der Waals surface area contributed by atoms with E-state index < -0.39 is 60.1 Å². The Kier molecular flexibility index (Phi) is 9.69. The van der Waals surface area contributed by atoms with Crippen molar-refractivity contribution in [3.63, 3.8) is 0 Å². The Labute approximate surface area is 224 Å². The number of amides is 2. The molecular weight excluding hydrogens is 492 g/mol. The van der Waals surface area contributed by atoms with E-state index in [0.29, 0.717) is 12.0 Å². The summed E-state index contributed by atoms with van der Waals surface area (Å²) in [5.74, 6) is -2.57. The van der Waals surface area contributed by atoms with Gasteiger partial charge < -0.3 is 34.7 Å². The number of esters is 1. The van der Waals surface area contributed by atoms with E-state index in [1.165, 1.54) is 7.11 Å². The number of benzene rings is 1. The maximum Gasteiger partial charge on any atom is 0.338 e. The summed E-state index contributed by atoms with van der Waals surface area (Å²) in [6.45, 7) is 9.60. The molecule has 38 heavy (non-hydrogen) atoms. The van der Waals surface area contributed by atoms with Crippen molar-refractivity contribution >= 4 is 17.8 Å². The molecule has 10 heteroatoms. The van der Waals surface area contributed by atoms with Crippen LogP contribution in [-0.4, -0.2) is 78.9 Å². The highest BCUT2D eigenvalue weighted by molar-refractivity contribution is 5.90. The lowest BCUT2D eigenvalue weighted by Gasteiger charge is -2.45. The summed E-state index contributed by atoms with van der Waals surface area (Å²) in [5, 5.41) is 16.5. The van der Waals surface area contributed by atoms with Crippen LogP contribution in [-0.2, 0) is 28.5 Å². The molecule has 0 radical (unpaired) electrons. The van der Waals surface area contributed by atoms with Crippen molar-refractivity contribution in [3.05, 3.63) is 48.0 Å². The van der Waals surface area contributed by atoms with E-state index in [4.69, 9.17) is 18.9 Å². The lowest BCUT2D eigenvalue weighted by Crippen LogP contribution is -2.62. The van der Waals surface area contributed by atoms with Gasteiger partial charge in [-0.05, 0) is 44.2 Å². The van der Waals surface area contributed by atoms with Crippen LogP contribution in [0.25, 0.3) is 0 Å². The van der Waals surface area contributed by atoms with Crippen molar-refractivity contribution < 1.29 is 38.4 Å². The molecule has 1 aromatic rings. The Morgan fingerprint density at radius 1 is 1.18 bits per heavy atom. The highest BCUT2D eigenvalue weighted by Crippen LogP contribution is 2.31. The van der Waals surface area contributed by atoms with Crippen molar-refractivity contribution in [2.24, 2.45) is 5.41 Å². The van der Waals surface area contributed by atoms with E-state index >= 15 is 0 Å². The third kappa shape index (κ3) is 8.10. The SMILES string of the molecule is CO[C@@H](C(=O)N[C@H]1CC[C@@H](OC(=O)c2ccccc2)CNC1=O)[C@@H]1OC(C)(C)O[C@H](/C=C/C(C)(C)C)[C@@H]1O. The fourth-order valence-corrected chi connectivity index (χ4v) is 4.39. The summed E-state index contributed by atoms with van der Waals surface area (Å²) in [4.78, 5) is 38.4. The standard InChI is InChI=1S/C28H40N2O8/c1-27(2,3)15-14-20-21(31)22(38-28(4,5)37-20)23(35-6)25(33)30-19-13-12-18(16-29-24(19)32)36-26(34)17-10-8-7-9-11-17/h7-11,14-15,18-23,31H,12-13,16H2,1-6H3,(H,29,32)(H,30,33)/b15-14+/t18-,19+,20-,21+,22-,23-/m1/s1. The summed E-state index contributed by atoms with van der Waals surface area (Å²) < 4.78 is 22.8. The Balaban J connectivity index is 1.65. The van der Waals surface area contributed by atoms with Crippen LogP contribution in [0.3, 0.4) is 0 Å². The molecule has 0 aliphatic carbocycles. The van der Waals surface area contributed by atoms with Crippen LogP contribution < -0.4 is 10.6 Å². The summed E-state index contributed by atoms with van der Waals surface area (Å²) in [6.07, 6.45) is -0.405. The number of carbonyl (C=O) groups is 3. The first-order chi connectivity index (χ1) is 17.8. The number of hydrogen-bond acceptors (Lipinski definition) is 8. The first kappa shape index (κ1) is 29.8. The van der Waals surface area contributed by atoms with Crippen molar-refractivity contribution in [1.29, 1.82) is 0 Å². The van der Waals surface area contributed by atoms with Gasteiger partial charge in [0.1, 0.15) is 30.5 Å². The minimum atomic E-state index is -1.21. The van der Waals surface area contributed by atoms with Gasteiger partial charge in [-0.25, -0.2) is 4.79 Å². The fourth-order valence-electron chi connectivity index (χ4n) is 4.39. The molecule has 2 heterocycles. The fraction of sp³-hybridized carbons (Fsp3) is 0.607. The average Bonchev–Trinajstić information content (AvgIpc) is 3.01. The minimum Gasteiger partial charge on any atom is -0.457 e. The molecule has 210 valence electrons. The molecule has 0 unspecified atom stereocenters. The maximum atomic E-state index is 13.3. The number of rotatable bonds is 7. The number of aliphatic hydroxyl groups excluding tert-OH is 1. The van der Waals surface area contributed by atoms with E-state index in [-0.39, 0.29) is 18.4 Å². The highest BCUT2D eigenvalue weighted by atomic mass is 16.7. The number of ether oxygens (including phenoxy) is 4. The third-order valence-corrected chi connectivity index (χ3v) is 6.31. The zero-order valence-electron chi connectivity index (χ0n) is 22.9. The molecule has 0 aromatic heterocycles. The Bertz CT molecular complexity index is 1000. The van der Waals surface area contributed by atoms with Crippen LogP contribution in [0.1, 0.15) is 57.8 Å². The molecule has 1 aromatic carbocycles. The van der Waals surface area contributed by atoms with Gasteiger partial charge >= 0.3 is 5.97 Å². The van der Waals surface area contributed by atoms with Crippen molar-refractivity contribution in [1.82, 2.24) is 10.6 Å². The zero-order valence-corrected chi connectivity index (χ0v) is 22.9. The van der Waals surface area contributed by atoms with Crippen LogP contribution in [0.15, 0.2) is 42.5 Å². The topological polar surface area (TPSA) is 132 Å². The van der Waals surface area contributed by atoms with E-state index in [1.54, 1.807) is 50.3 Å². The van der Waals surface area contributed by atoms with Crippen LogP contribution in [0, 0.1) is 5.41 Å². The Morgan fingerprint density at radius 2 is 1.87 bits per heavy atom. The third-order valence-electron chi connectivity index (χ3n) is 6.31. The number of methoxy groups -OCH3 is 1. The van der Waals surface area contributed by atoms with Crippen LogP contribution in [0.2, 0.25) is 0 Å². The molecule has 3 rings (SSSR count). The van der Waals surface area contributed by atoms with Crippen LogP contribution in [0.5, 0.6) is 0 Å². The lowest BCUT2D eigenvalue weighted by molar-refractivity contribution is -0.334. The number of allylic oxidation sites excluding steroid dienone is 1. The van der Waals surface area contributed by atoms with Gasteiger partial charge in [0.2, 0.25) is 5.91 Å². The molecule has 0 bridgehead atoms. The molecule has 3 N–H and O–H groups in total. The van der Waals surface area contributed by atoms with Crippen LogP contribution in [0.4, 0.5) is 0 Å². The van der Waals surface area contributed by atoms with E-state index in [0.717, 1.165) is 0 Å². The Morgan fingerprint density at radius 3 is 2.50 bits per heavy atom. The normalized spacial score (nSPS) is 28.7. The molecule has 2 aliphatic heterocycles. The van der Waals surface area contributed by atoms with Gasteiger partial charge in [0.05, 0.1) is 12.1 Å². The van der Waals surface area contributed by atoms with Crippen molar-refractivity contribution in [2.75, 3.05) is 13.7 Å². The van der Waals surface area contributed by atoms with Gasteiger partial charge in [0.15, 0.2) is 11.9 Å². The molecule has 2 aliphatic rings. The van der Waals surface area contributed by atoms with Gasteiger partial charge in [-0.15, -0.1) is 0 Å². The summed E-state index contributed by atoms with van der Waals surface area (Å²) in [6, 6.07) is 7.73. The van der Waals surface area contributed by atoms with E-state index in [1.807, 2.05) is 26.8 Å². The van der Waals surface area contributed by atoms with Gasteiger partial charge in [0.25, 0.3) is 5.91 Å². The first-order valence-electron chi connectivity index (χ1n) is 12.9. The van der Waals surface area contributed by atoms with Gasteiger partial charge in [-0.2, -0.15) is 0 Å². The van der Waals surface area contributed by atoms with E-state index in [9.17, 15) is 19.5 Å². The maximum absolute atomic E-state index is 13.3. The van der Waals surface area contributed by atoms with Gasteiger partial charge in [-0.3, -0.25) is 9.59 Å². The summed E-state index contributed by atoms with van der Waals surface area (Å²) >= 11 is 0. The number of hydrogen-bond donors (Lipinski definition) is 3. The quantitative estimate of drug-likeness (QED) is 0.359. The first-order valence-corrected chi connectivity index (χ1v) is 12.9. The monoisotopic (exact) mass is 532 g/mol. The molecule has 0 saturated carbocycles. The summed E-state index contributed by atoms with van der Waals surface area (Å²) in [7, 11) is 1.34. The predicted octanol–water partition coefficient (Wildman–Crippen LogP) is 2.11. The highest BCUT2D eigenvalue weighted by Gasteiger charge is 2.48. The molecule has 2 fully saturated rings. The van der Waals surface area contributed by atoms with Crippen LogP contribution >= 0.6 is 0 Å². The predicted molar refractivity (Wildman–Crippen MR) is 139 cm³/mol. The summed E-state index contributed by atoms with van der Waals surface area (Å²) in [5.41, 5.74) is 0.281. The number of aliphatic hydroxyl groups is 1. The van der Waals surface area contributed by atoms with Gasteiger partial charge in [0, 0.05) is 7.11 Å². The molecule has 2 amide bonds. The largest absolute Gasteiger partial charge is 0.457 e. The second kappa shape index (κ2) is 12.4. The number of nitrogens with one attached hydrogen (secondary N) is 2. The Hall–Kier alpha value is -2.79. The smallest absolute Gasteiger partial charge is 0.338 e. The molecule has 6 atom stereocenters. The van der Waals surface area contributed by atoms with E-state index in [2.05, 4.69) is 10.6 Å². The molecule has 0 spiro atoms. The molecular formula is C28H40N2O8. The lowest BCUT2D eigenvalue weighted by atomic mass is 9.93. The second-order valence-corrected chi connectivity index (χ2v) is 11.2. The minimum absolute atomic E-state index is 0.134. The number of carbonyl (C=O) groups excluding carboxylic acids is 3. The average molecular weight is 533 g/mol. The molecule has 2 saturated heterocycles. The second-order valence-electron chi connectivity index (χ2n) is 11.2. The zero-order chi connectivity index (χ0) is 28.1.